The average Bonchev–Trinajstić information content (AvgIpc) is 2.71. The summed E-state index contributed by atoms with van der Waals surface area (Å²) in [6.07, 6.45) is 3.24. The van der Waals surface area contributed by atoms with Crippen molar-refractivity contribution < 1.29 is 4.74 Å². The third-order valence-corrected chi connectivity index (χ3v) is 2.50. The van der Waals surface area contributed by atoms with Crippen LogP contribution >= 0.6 is 12.4 Å². The maximum atomic E-state index is 5.48. The zero-order chi connectivity index (χ0) is 12.7. The number of hydrogen-bond acceptors (Lipinski definition) is 3. The molecule has 0 spiro atoms. The third kappa shape index (κ3) is 6.38. The number of aromatic nitrogens is 2. The van der Waals surface area contributed by atoms with Gasteiger partial charge in [0.05, 0.1) is 11.8 Å². The second kappa shape index (κ2) is 9.36. The van der Waals surface area contributed by atoms with Crippen LogP contribution in [0.4, 0.5) is 0 Å². The minimum atomic E-state index is 0. The highest BCUT2D eigenvalue weighted by Gasteiger charge is 2.04. The second-order valence-corrected chi connectivity index (χ2v) is 4.81. The highest BCUT2D eigenvalue weighted by Crippen LogP contribution is 2.07. The standard InChI is InChI=1S/C13H25N3O.ClH/c1-11(2)16-13(6-8-15-16)10-14-7-5-9-17-12(3)4;/h6,8,11-12,14H,5,7,9-10H2,1-4H3;1H. The van der Waals surface area contributed by atoms with Gasteiger partial charge < -0.3 is 10.1 Å². The molecule has 0 amide bonds. The summed E-state index contributed by atoms with van der Waals surface area (Å²) in [7, 11) is 0. The van der Waals surface area contributed by atoms with Crippen LogP contribution in [0, 0.1) is 0 Å². The first-order valence-electron chi connectivity index (χ1n) is 6.46. The molecular formula is C13H26ClN3O. The highest BCUT2D eigenvalue weighted by atomic mass is 35.5. The fourth-order valence-corrected chi connectivity index (χ4v) is 1.68. The van der Waals surface area contributed by atoms with E-state index in [-0.39, 0.29) is 12.4 Å². The predicted molar refractivity (Wildman–Crippen MR) is 77.3 cm³/mol. The highest BCUT2D eigenvalue weighted by molar-refractivity contribution is 5.85. The van der Waals surface area contributed by atoms with E-state index in [1.807, 2.05) is 6.20 Å². The van der Waals surface area contributed by atoms with Crippen LogP contribution in [0.25, 0.3) is 0 Å². The molecule has 0 aromatic carbocycles. The molecule has 0 saturated carbocycles. The molecule has 106 valence electrons. The Bertz CT molecular complexity index is 313. The van der Waals surface area contributed by atoms with Gasteiger partial charge in [-0.15, -0.1) is 12.4 Å². The number of ether oxygens (including phenoxy) is 1. The quantitative estimate of drug-likeness (QED) is 0.742. The Kier molecular flexibility index (Phi) is 9.06. The summed E-state index contributed by atoms with van der Waals surface area (Å²) in [5.41, 5.74) is 1.24. The van der Waals surface area contributed by atoms with Gasteiger partial charge in [-0.05, 0) is 46.7 Å². The van der Waals surface area contributed by atoms with Crippen molar-refractivity contribution in [1.29, 1.82) is 0 Å². The zero-order valence-corrected chi connectivity index (χ0v) is 12.7. The molecule has 18 heavy (non-hydrogen) atoms. The van der Waals surface area contributed by atoms with E-state index in [2.05, 4.69) is 48.9 Å². The Morgan fingerprint density at radius 1 is 1.33 bits per heavy atom. The maximum Gasteiger partial charge on any atom is 0.0525 e. The van der Waals surface area contributed by atoms with Crippen LogP contribution in [0.3, 0.4) is 0 Å². The summed E-state index contributed by atoms with van der Waals surface area (Å²) >= 11 is 0. The van der Waals surface area contributed by atoms with Crippen molar-refractivity contribution in [3.8, 4) is 0 Å². The van der Waals surface area contributed by atoms with Crippen molar-refractivity contribution in [2.24, 2.45) is 0 Å². The van der Waals surface area contributed by atoms with Crippen LogP contribution in [0.15, 0.2) is 12.3 Å². The van der Waals surface area contributed by atoms with Gasteiger partial charge in [-0.1, -0.05) is 0 Å². The summed E-state index contributed by atoms with van der Waals surface area (Å²) in [6, 6.07) is 2.49. The van der Waals surface area contributed by atoms with Gasteiger partial charge in [-0.3, -0.25) is 4.68 Å². The Morgan fingerprint density at radius 3 is 2.67 bits per heavy atom. The van der Waals surface area contributed by atoms with Gasteiger partial charge in [0.25, 0.3) is 0 Å². The minimum Gasteiger partial charge on any atom is -0.379 e. The lowest BCUT2D eigenvalue weighted by molar-refractivity contribution is 0.0770. The van der Waals surface area contributed by atoms with Crippen LogP contribution < -0.4 is 5.32 Å². The molecule has 0 fully saturated rings. The molecule has 4 nitrogen and oxygen atoms in total. The molecule has 1 rings (SSSR count). The largest absolute Gasteiger partial charge is 0.379 e. The third-order valence-electron chi connectivity index (χ3n) is 2.50. The first kappa shape index (κ1) is 17.4. The van der Waals surface area contributed by atoms with Crippen molar-refractivity contribution in [3.63, 3.8) is 0 Å². The number of halogens is 1. The van der Waals surface area contributed by atoms with Crippen molar-refractivity contribution in [3.05, 3.63) is 18.0 Å². The zero-order valence-electron chi connectivity index (χ0n) is 11.8. The molecule has 0 aliphatic carbocycles. The Hall–Kier alpha value is -0.580. The van der Waals surface area contributed by atoms with Gasteiger partial charge in [-0.25, -0.2) is 0 Å². The van der Waals surface area contributed by atoms with Gasteiger partial charge in [0.15, 0.2) is 0 Å². The van der Waals surface area contributed by atoms with Crippen LogP contribution in [0.1, 0.15) is 45.9 Å². The van der Waals surface area contributed by atoms with Crippen molar-refractivity contribution in [1.82, 2.24) is 15.1 Å². The minimum absolute atomic E-state index is 0. The normalized spacial score (nSPS) is 11.0. The molecule has 0 bridgehead atoms. The Labute approximate surface area is 117 Å². The molecule has 1 heterocycles. The lowest BCUT2D eigenvalue weighted by Crippen LogP contribution is -2.20. The summed E-state index contributed by atoms with van der Waals surface area (Å²) in [5, 5.41) is 7.72. The molecule has 5 heteroatoms. The topological polar surface area (TPSA) is 39.1 Å². The molecule has 0 aliphatic heterocycles. The molecule has 1 N–H and O–H groups in total. The van der Waals surface area contributed by atoms with E-state index in [1.54, 1.807) is 0 Å². The van der Waals surface area contributed by atoms with E-state index in [9.17, 15) is 0 Å². The predicted octanol–water partition coefficient (Wildman–Crippen LogP) is 2.79. The molecular weight excluding hydrogens is 250 g/mol. The summed E-state index contributed by atoms with van der Waals surface area (Å²) < 4.78 is 7.54. The summed E-state index contributed by atoms with van der Waals surface area (Å²) in [6.45, 7) is 11.1. The first-order chi connectivity index (χ1) is 8.11. The van der Waals surface area contributed by atoms with Crippen molar-refractivity contribution in [2.75, 3.05) is 13.2 Å². The van der Waals surface area contributed by atoms with Crippen molar-refractivity contribution >= 4 is 12.4 Å². The van der Waals surface area contributed by atoms with Gasteiger partial charge in [-0.2, -0.15) is 5.10 Å². The van der Waals surface area contributed by atoms with E-state index >= 15 is 0 Å². The summed E-state index contributed by atoms with van der Waals surface area (Å²) in [4.78, 5) is 0. The first-order valence-corrected chi connectivity index (χ1v) is 6.46. The van der Waals surface area contributed by atoms with Gasteiger partial charge in [0, 0.05) is 25.4 Å². The fourth-order valence-electron chi connectivity index (χ4n) is 1.68. The molecule has 0 unspecified atom stereocenters. The number of rotatable bonds is 8. The molecule has 0 aliphatic rings. The van der Waals surface area contributed by atoms with Crippen LogP contribution in [0.5, 0.6) is 0 Å². The SMILES string of the molecule is CC(C)OCCCNCc1ccnn1C(C)C.Cl. The fraction of sp³-hybridized carbons (Fsp3) is 0.769. The Balaban J connectivity index is 0.00000289. The number of nitrogens with one attached hydrogen (secondary N) is 1. The molecule has 0 atom stereocenters. The maximum absolute atomic E-state index is 5.48. The lowest BCUT2D eigenvalue weighted by Gasteiger charge is -2.12. The Morgan fingerprint density at radius 2 is 2.06 bits per heavy atom. The lowest BCUT2D eigenvalue weighted by atomic mass is 10.3. The van der Waals surface area contributed by atoms with Gasteiger partial charge in [0.2, 0.25) is 0 Å². The van der Waals surface area contributed by atoms with Crippen LogP contribution in [-0.4, -0.2) is 29.0 Å². The molecule has 0 radical (unpaired) electrons. The van der Waals surface area contributed by atoms with Gasteiger partial charge in [0.1, 0.15) is 0 Å². The second-order valence-electron chi connectivity index (χ2n) is 4.81. The van der Waals surface area contributed by atoms with Crippen LogP contribution in [0.2, 0.25) is 0 Å². The monoisotopic (exact) mass is 275 g/mol. The van der Waals surface area contributed by atoms with Gasteiger partial charge >= 0.3 is 0 Å². The number of hydrogen-bond donors (Lipinski definition) is 1. The van der Waals surface area contributed by atoms with Crippen molar-refractivity contribution in [2.45, 2.75) is 52.8 Å². The number of nitrogens with zero attached hydrogens (tertiary/aromatic N) is 2. The van der Waals surface area contributed by atoms with E-state index in [0.29, 0.717) is 12.1 Å². The molecule has 1 aromatic rings. The smallest absolute Gasteiger partial charge is 0.0525 e. The van der Waals surface area contributed by atoms with Crippen LogP contribution in [-0.2, 0) is 11.3 Å². The average molecular weight is 276 g/mol. The van der Waals surface area contributed by atoms with E-state index in [0.717, 1.165) is 26.1 Å². The van der Waals surface area contributed by atoms with E-state index in [1.165, 1.54) is 5.69 Å². The van der Waals surface area contributed by atoms with E-state index in [4.69, 9.17) is 4.74 Å². The van der Waals surface area contributed by atoms with E-state index < -0.39 is 0 Å². The molecule has 1 aromatic heterocycles. The summed E-state index contributed by atoms with van der Waals surface area (Å²) in [5.74, 6) is 0. The molecule has 0 saturated heterocycles.